The maximum atomic E-state index is 5.93. The van der Waals surface area contributed by atoms with Crippen molar-refractivity contribution in [1.82, 2.24) is 0 Å². The van der Waals surface area contributed by atoms with Crippen LogP contribution in [0, 0.1) is 0 Å². The zero-order valence-electron chi connectivity index (χ0n) is 9.86. The smallest absolute Gasteiger partial charge is 0.144 e. The summed E-state index contributed by atoms with van der Waals surface area (Å²) < 4.78 is 5.87. The minimum absolute atomic E-state index is 0.167. The molecule has 2 aromatic rings. The van der Waals surface area contributed by atoms with E-state index in [9.17, 15) is 0 Å². The lowest BCUT2D eigenvalue weighted by Gasteiger charge is -2.14. The van der Waals surface area contributed by atoms with Gasteiger partial charge in [0.1, 0.15) is 5.60 Å². The van der Waals surface area contributed by atoms with Crippen LogP contribution in [0.2, 0.25) is 10.0 Å². The van der Waals surface area contributed by atoms with Gasteiger partial charge in [-0.1, -0.05) is 47.5 Å². The molecule has 1 aliphatic heterocycles. The third-order valence-corrected chi connectivity index (χ3v) is 3.93. The molecule has 1 aliphatic rings. The molecule has 0 amide bonds. The molecule has 0 aliphatic carbocycles. The van der Waals surface area contributed by atoms with Crippen LogP contribution in [0.3, 0.4) is 0 Å². The number of hydrogen-bond donors (Lipinski definition) is 0. The second-order valence-corrected chi connectivity index (χ2v) is 5.38. The molecule has 18 heavy (non-hydrogen) atoms. The van der Waals surface area contributed by atoms with Gasteiger partial charge in [-0.15, -0.1) is 0 Å². The van der Waals surface area contributed by atoms with Gasteiger partial charge in [0.15, 0.2) is 0 Å². The molecular weight excluding hydrogens is 267 g/mol. The van der Waals surface area contributed by atoms with Gasteiger partial charge in [-0.3, -0.25) is 0 Å². The van der Waals surface area contributed by atoms with Crippen molar-refractivity contribution in [3.8, 4) is 0 Å². The van der Waals surface area contributed by atoms with Gasteiger partial charge >= 0.3 is 0 Å². The molecule has 1 nitrogen and oxygen atoms in total. The largest absolute Gasteiger partial charge is 0.356 e. The van der Waals surface area contributed by atoms with E-state index in [2.05, 4.69) is 6.92 Å². The van der Waals surface area contributed by atoms with Crippen LogP contribution < -0.4 is 0 Å². The number of ether oxygens (including phenoxy) is 1. The Labute approximate surface area is 116 Å². The van der Waals surface area contributed by atoms with Gasteiger partial charge in [0.05, 0.1) is 6.10 Å². The minimum atomic E-state index is -0.338. The van der Waals surface area contributed by atoms with Gasteiger partial charge in [-0.25, -0.2) is 0 Å². The zero-order chi connectivity index (χ0) is 12.8. The van der Waals surface area contributed by atoms with Crippen molar-refractivity contribution in [1.29, 1.82) is 0 Å². The summed E-state index contributed by atoms with van der Waals surface area (Å²) in [7, 11) is 0. The van der Waals surface area contributed by atoms with Crippen molar-refractivity contribution in [2.24, 2.45) is 0 Å². The van der Waals surface area contributed by atoms with E-state index >= 15 is 0 Å². The first-order chi connectivity index (χ1) is 8.63. The Balaban J connectivity index is 2.06. The van der Waals surface area contributed by atoms with Crippen molar-refractivity contribution >= 4 is 23.2 Å². The summed E-state index contributed by atoms with van der Waals surface area (Å²) in [4.78, 5) is 0. The summed E-state index contributed by atoms with van der Waals surface area (Å²) in [6.07, 6.45) is 0.167. The van der Waals surface area contributed by atoms with Crippen molar-refractivity contribution in [3.05, 3.63) is 69.7 Å². The summed E-state index contributed by atoms with van der Waals surface area (Å²) in [5, 5.41) is 1.47. The highest BCUT2D eigenvalue weighted by atomic mass is 35.5. The van der Waals surface area contributed by atoms with Crippen LogP contribution in [-0.4, -0.2) is 6.10 Å². The molecule has 1 fully saturated rings. The third-order valence-electron chi connectivity index (χ3n) is 3.42. The average Bonchev–Trinajstić information content (AvgIpc) is 3.04. The Morgan fingerprint density at radius 1 is 0.833 bits per heavy atom. The topological polar surface area (TPSA) is 12.5 Å². The monoisotopic (exact) mass is 278 g/mol. The highest BCUT2D eigenvalue weighted by Crippen LogP contribution is 2.51. The molecule has 2 aromatic carbocycles. The molecule has 1 unspecified atom stereocenters. The maximum Gasteiger partial charge on any atom is 0.144 e. The van der Waals surface area contributed by atoms with Crippen molar-refractivity contribution in [2.75, 3.05) is 0 Å². The van der Waals surface area contributed by atoms with E-state index in [4.69, 9.17) is 27.9 Å². The summed E-state index contributed by atoms with van der Waals surface area (Å²) in [5.41, 5.74) is 1.92. The Morgan fingerprint density at radius 2 is 1.17 bits per heavy atom. The number of halogens is 2. The fraction of sp³-hybridized carbons (Fsp3) is 0.200. The van der Waals surface area contributed by atoms with Crippen molar-refractivity contribution in [2.45, 2.75) is 18.6 Å². The molecule has 1 saturated heterocycles. The highest BCUT2D eigenvalue weighted by Gasteiger charge is 2.56. The third kappa shape index (κ3) is 1.83. The number of benzene rings is 2. The fourth-order valence-corrected chi connectivity index (χ4v) is 2.66. The van der Waals surface area contributed by atoms with E-state index in [1.165, 1.54) is 0 Å². The van der Waals surface area contributed by atoms with Crippen LogP contribution in [0.15, 0.2) is 48.5 Å². The lowest BCUT2D eigenvalue weighted by molar-refractivity contribution is 0.332. The second kappa shape index (κ2) is 4.27. The minimum Gasteiger partial charge on any atom is -0.356 e. The van der Waals surface area contributed by atoms with Crippen LogP contribution >= 0.6 is 23.2 Å². The van der Waals surface area contributed by atoms with Crippen LogP contribution in [0.5, 0.6) is 0 Å². The maximum absolute atomic E-state index is 5.93. The number of epoxide rings is 1. The molecular formula is C15H12Cl2O. The van der Waals surface area contributed by atoms with Crippen LogP contribution in [0.1, 0.15) is 18.1 Å². The molecule has 1 atom stereocenters. The molecule has 0 aromatic heterocycles. The first kappa shape index (κ1) is 12.0. The molecule has 3 rings (SSSR count). The molecule has 1 heterocycles. The zero-order valence-corrected chi connectivity index (χ0v) is 11.4. The molecule has 0 saturated carbocycles. The molecule has 92 valence electrons. The summed E-state index contributed by atoms with van der Waals surface area (Å²) in [5.74, 6) is 0. The lowest BCUT2D eigenvalue weighted by Crippen LogP contribution is -2.13. The molecule has 0 bridgehead atoms. The van der Waals surface area contributed by atoms with Crippen molar-refractivity contribution < 1.29 is 4.74 Å². The summed E-state index contributed by atoms with van der Waals surface area (Å²) in [6.45, 7) is 2.07. The molecule has 3 heteroatoms. The van der Waals surface area contributed by atoms with E-state index in [1.807, 2.05) is 48.5 Å². The Bertz CT molecular complexity index is 515. The fourth-order valence-electron chi connectivity index (χ4n) is 2.41. The van der Waals surface area contributed by atoms with Gasteiger partial charge in [-0.05, 0) is 42.3 Å². The molecule has 0 N–H and O–H groups in total. The van der Waals surface area contributed by atoms with Crippen LogP contribution in [0.25, 0.3) is 0 Å². The van der Waals surface area contributed by atoms with Gasteiger partial charge in [-0.2, -0.15) is 0 Å². The predicted molar refractivity (Wildman–Crippen MR) is 74.2 cm³/mol. The van der Waals surface area contributed by atoms with Gasteiger partial charge < -0.3 is 4.74 Å². The summed E-state index contributed by atoms with van der Waals surface area (Å²) >= 11 is 11.9. The van der Waals surface area contributed by atoms with E-state index < -0.39 is 0 Å². The first-order valence-electron chi connectivity index (χ1n) is 5.83. The highest BCUT2D eigenvalue weighted by molar-refractivity contribution is 6.30. The summed E-state index contributed by atoms with van der Waals surface area (Å²) in [6, 6.07) is 15.6. The number of rotatable bonds is 2. The van der Waals surface area contributed by atoms with E-state index in [-0.39, 0.29) is 11.7 Å². The lowest BCUT2D eigenvalue weighted by atomic mass is 9.88. The average molecular weight is 279 g/mol. The van der Waals surface area contributed by atoms with Gasteiger partial charge in [0.2, 0.25) is 0 Å². The van der Waals surface area contributed by atoms with Crippen molar-refractivity contribution in [3.63, 3.8) is 0 Å². The van der Waals surface area contributed by atoms with E-state index in [0.717, 1.165) is 21.2 Å². The second-order valence-electron chi connectivity index (χ2n) is 4.51. The SMILES string of the molecule is CC1OC1(c1ccc(Cl)cc1)c1ccc(Cl)cc1. The Hall–Kier alpha value is -1.02. The number of hydrogen-bond acceptors (Lipinski definition) is 1. The van der Waals surface area contributed by atoms with E-state index in [0.29, 0.717) is 0 Å². The van der Waals surface area contributed by atoms with Crippen LogP contribution in [-0.2, 0) is 10.3 Å². The Kier molecular flexibility index (Phi) is 2.86. The first-order valence-corrected chi connectivity index (χ1v) is 6.58. The van der Waals surface area contributed by atoms with Gasteiger partial charge in [0.25, 0.3) is 0 Å². The quantitative estimate of drug-likeness (QED) is 0.728. The van der Waals surface area contributed by atoms with E-state index in [1.54, 1.807) is 0 Å². The van der Waals surface area contributed by atoms with Crippen LogP contribution in [0.4, 0.5) is 0 Å². The normalized spacial score (nSPS) is 20.7. The standard InChI is InChI=1S/C15H12Cl2O/c1-10-15(18-10,11-2-6-13(16)7-3-11)12-4-8-14(17)9-5-12/h2-10H,1H3. The molecule has 0 radical (unpaired) electrons. The van der Waals surface area contributed by atoms with Gasteiger partial charge in [0, 0.05) is 10.0 Å². The predicted octanol–water partition coefficient (Wildman–Crippen LogP) is 4.66. The Morgan fingerprint density at radius 3 is 1.44 bits per heavy atom. The molecule has 0 spiro atoms.